The molecule has 0 amide bonds. The molecule has 0 spiro atoms. The standard InChI is InChI=1S/C27H28N2O/c1-5-20-17-23(21-11-13-24(30-4)14-12-21)18-25(19(2)3)26(20)29-16-15-28-27(29)22-9-7-6-8-10-22/h6-19H,5H2,1-4H3. The first-order valence-corrected chi connectivity index (χ1v) is 10.5. The molecule has 0 atom stereocenters. The summed E-state index contributed by atoms with van der Waals surface area (Å²) in [4.78, 5) is 4.69. The van der Waals surface area contributed by atoms with Crippen LogP contribution in [0, 0.1) is 0 Å². The van der Waals surface area contributed by atoms with Gasteiger partial charge in [-0.1, -0.05) is 63.2 Å². The van der Waals surface area contributed by atoms with Gasteiger partial charge in [-0.05, 0) is 58.9 Å². The minimum atomic E-state index is 0.384. The summed E-state index contributed by atoms with van der Waals surface area (Å²) in [6.07, 6.45) is 4.92. The molecule has 1 heterocycles. The fourth-order valence-electron chi connectivity index (χ4n) is 3.96. The lowest BCUT2D eigenvalue weighted by atomic mass is 9.91. The van der Waals surface area contributed by atoms with Crippen LogP contribution in [0.1, 0.15) is 37.8 Å². The maximum atomic E-state index is 5.32. The van der Waals surface area contributed by atoms with E-state index in [0.29, 0.717) is 5.92 Å². The monoisotopic (exact) mass is 396 g/mol. The van der Waals surface area contributed by atoms with Crippen molar-refractivity contribution in [2.45, 2.75) is 33.1 Å². The molecule has 0 fully saturated rings. The molecule has 3 nitrogen and oxygen atoms in total. The Bertz CT molecular complexity index is 1130. The van der Waals surface area contributed by atoms with Gasteiger partial charge in [-0.15, -0.1) is 0 Å². The molecule has 0 aliphatic heterocycles. The fraction of sp³-hybridized carbons (Fsp3) is 0.222. The van der Waals surface area contributed by atoms with Crippen molar-refractivity contribution in [1.29, 1.82) is 0 Å². The van der Waals surface area contributed by atoms with Crippen LogP contribution in [0.4, 0.5) is 0 Å². The molecule has 152 valence electrons. The first-order valence-electron chi connectivity index (χ1n) is 10.5. The predicted molar refractivity (Wildman–Crippen MR) is 124 cm³/mol. The van der Waals surface area contributed by atoms with E-state index in [2.05, 4.69) is 85.1 Å². The van der Waals surface area contributed by atoms with Crippen molar-refractivity contribution >= 4 is 0 Å². The molecular formula is C27H28N2O. The van der Waals surface area contributed by atoms with Crippen LogP contribution < -0.4 is 4.74 Å². The number of hydrogen-bond donors (Lipinski definition) is 0. The number of rotatable bonds is 6. The highest BCUT2D eigenvalue weighted by molar-refractivity contribution is 5.71. The summed E-state index contributed by atoms with van der Waals surface area (Å²) in [5.41, 5.74) is 7.47. The molecule has 0 bridgehead atoms. The fourth-order valence-corrected chi connectivity index (χ4v) is 3.96. The molecule has 4 aromatic rings. The van der Waals surface area contributed by atoms with E-state index < -0.39 is 0 Å². The number of aromatic nitrogens is 2. The second-order valence-corrected chi connectivity index (χ2v) is 7.80. The third-order valence-corrected chi connectivity index (χ3v) is 5.56. The van der Waals surface area contributed by atoms with Gasteiger partial charge in [0.15, 0.2) is 0 Å². The molecule has 3 heteroatoms. The average Bonchev–Trinajstić information content (AvgIpc) is 3.28. The van der Waals surface area contributed by atoms with Gasteiger partial charge in [0.1, 0.15) is 11.6 Å². The van der Waals surface area contributed by atoms with Crippen LogP contribution in [0.3, 0.4) is 0 Å². The van der Waals surface area contributed by atoms with Crippen molar-refractivity contribution in [1.82, 2.24) is 9.55 Å². The van der Waals surface area contributed by atoms with Gasteiger partial charge in [0.2, 0.25) is 0 Å². The van der Waals surface area contributed by atoms with Crippen molar-refractivity contribution in [3.05, 3.63) is 90.3 Å². The zero-order valence-electron chi connectivity index (χ0n) is 18.1. The number of imidazole rings is 1. The second kappa shape index (κ2) is 8.58. The molecule has 0 unspecified atom stereocenters. The van der Waals surface area contributed by atoms with Crippen molar-refractivity contribution < 1.29 is 4.74 Å². The Morgan fingerprint density at radius 2 is 1.63 bits per heavy atom. The average molecular weight is 397 g/mol. The quantitative estimate of drug-likeness (QED) is 0.354. The van der Waals surface area contributed by atoms with E-state index in [1.165, 1.54) is 27.9 Å². The summed E-state index contributed by atoms with van der Waals surface area (Å²) in [6.45, 7) is 6.74. The minimum absolute atomic E-state index is 0.384. The van der Waals surface area contributed by atoms with E-state index in [0.717, 1.165) is 23.6 Å². The van der Waals surface area contributed by atoms with Crippen LogP contribution in [-0.4, -0.2) is 16.7 Å². The van der Waals surface area contributed by atoms with Gasteiger partial charge in [0.25, 0.3) is 0 Å². The minimum Gasteiger partial charge on any atom is -0.497 e. The summed E-state index contributed by atoms with van der Waals surface area (Å²) in [5.74, 6) is 2.24. The summed E-state index contributed by atoms with van der Waals surface area (Å²) < 4.78 is 7.58. The van der Waals surface area contributed by atoms with Gasteiger partial charge in [-0.25, -0.2) is 4.98 Å². The highest BCUT2D eigenvalue weighted by Crippen LogP contribution is 2.35. The number of benzene rings is 3. The summed E-state index contributed by atoms with van der Waals surface area (Å²) >= 11 is 0. The molecule has 0 N–H and O–H groups in total. The zero-order valence-corrected chi connectivity index (χ0v) is 18.1. The molecule has 0 saturated heterocycles. The number of ether oxygens (including phenoxy) is 1. The predicted octanol–water partition coefficient (Wildman–Crippen LogP) is 6.90. The molecule has 0 aliphatic carbocycles. The van der Waals surface area contributed by atoms with E-state index in [-0.39, 0.29) is 0 Å². The second-order valence-electron chi connectivity index (χ2n) is 7.80. The van der Waals surface area contributed by atoms with E-state index in [1.54, 1.807) is 7.11 Å². The van der Waals surface area contributed by atoms with Crippen molar-refractivity contribution in [3.8, 4) is 34.0 Å². The van der Waals surface area contributed by atoms with Gasteiger partial charge in [0, 0.05) is 18.0 Å². The first kappa shape index (κ1) is 20.0. The van der Waals surface area contributed by atoms with E-state index >= 15 is 0 Å². The third kappa shape index (κ3) is 3.76. The van der Waals surface area contributed by atoms with Gasteiger partial charge in [0.05, 0.1) is 12.8 Å². The lowest BCUT2D eigenvalue weighted by Crippen LogP contribution is -2.07. The number of nitrogens with zero attached hydrogens (tertiary/aromatic N) is 2. The number of hydrogen-bond acceptors (Lipinski definition) is 2. The smallest absolute Gasteiger partial charge is 0.144 e. The van der Waals surface area contributed by atoms with Gasteiger partial charge in [-0.3, -0.25) is 4.57 Å². The first-order chi connectivity index (χ1) is 14.6. The maximum absolute atomic E-state index is 5.32. The molecule has 1 aromatic heterocycles. The van der Waals surface area contributed by atoms with Crippen LogP contribution in [0.25, 0.3) is 28.2 Å². The van der Waals surface area contributed by atoms with Gasteiger partial charge < -0.3 is 4.74 Å². The van der Waals surface area contributed by atoms with Gasteiger partial charge in [-0.2, -0.15) is 0 Å². The largest absolute Gasteiger partial charge is 0.497 e. The summed E-state index contributed by atoms with van der Waals surface area (Å²) in [6, 6.07) is 23.3. The lowest BCUT2D eigenvalue weighted by molar-refractivity contribution is 0.415. The molecule has 0 radical (unpaired) electrons. The topological polar surface area (TPSA) is 27.1 Å². The van der Waals surface area contributed by atoms with Crippen molar-refractivity contribution in [2.24, 2.45) is 0 Å². The Labute approximate surface area is 179 Å². The van der Waals surface area contributed by atoms with E-state index in [1.807, 2.05) is 24.4 Å². The van der Waals surface area contributed by atoms with Crippen molar-refractivity contribution in [3.63, 3.8) is 0 Å². The van der Waals surface area contributed by atoms with Crippen LogP contribution in [0.2, 0.25) is 0 Å². The van der Waals surface area contributed by atoms with Gasteiger partial charge >= 0.3 is 0 Å². The normalized spacial score (nSPS) is 11.1. The van der Waals surface area contributed by atoms with Crippen LogP contribution in [-0.2, 0) is 6.42 Å². The summed E-state index contributed by atoms with van der Waals surface area (Å²) in [7, 11) is 1.70. The van der Waals surface area contributed by atoms with Crippen LogP contribution in [0.5, 0.6) is 5.75 Å². The Morgan fingerprint density at radius 1 is 0.900 bits per heavy atom. The Balaban J connectivity index is 1.90. The highest BCUT2D eigenvalue weighted by atomic mass is 16.5. The Morgan fingerprint density at radius 3 is 2.27 bits per heavy atom. The maximum Gasteiger partial charge on any atom is 0.144 e. The number of aryl methyl sites for hydroxylation is 1. The third-order valence-electron chi connectivity index (χ3n) is 5.56. The van der Waals surface area contributed by atoms with Crippen LogP contribution in [0.15, 0.2) is 79.1 Å². The molecule has 30 heavy (non-hydrogen) atoms. The lowest BCUT2D eigenvalue weighted by Gasteiger charge is -2.21. The zero-order chi connectivity index (χ0) is 21.1. The number of methoxy groups -OCH3 is 1. The SMILES string of the molecule is CCc1cc(-c2ccc(OC)cc2)cc(C(C)C)c1-n1ccnc1-c1ccccc1. The molecule has 0 saturated carbocycles. The summed E-state index contributed by atoms with van der Waals surface area (Å²) in [5, 5.41) is 0. The highest BCUT2D eigenvalue weighted by Gasteiger charge is 2.18. The molecule has 4 rings (SSSR count). The van der Waals surface area contributed by atoms with E-state index in [9.17, 15) is 0 Å². The van der Waals surface area contributed by atoms with E-state index in [4.69, 9.17) is 4.74 Å². The molecule has 0 aliphatic rings. The molecular weight excluding hydrogens is 368 g/mol. The Kier molecular flexibility index (Phi) is 5.71. The Hall–Kier alpha value is -3.33. The van der Waals surface area contributed by atoms with Crippen molar-refractivity contribution in [2.75, 3.05) is 7.11 Å². The molecule has 3 aromatic carbocycles. The van der Waals surface area contributed by atoms with Crippen LogP contribution >= 0.6 is 0 Å².